The van der Waals surface area contributed by atoms with E-state index in [4.69, 9.17) is 10.8 Å². The van der Waals surface area contributed by atoms with Gasteiger partial charge in [0.05, 0.1) is 0 Å². The van der Waals surface area contributed by atoms with Gasteiger partial charge in [0, 0.05) is 5.69 Å². The lowest BCUT2D eigenvalue weighted by molar-refractivity contribution is 0.413. The zero-order valence-corrected chi connectivity index (χ0v) is 7.41. The zero-order chi connectivity index (χ0) is 9.14. The van der Waals surface area contributed by atoms with Crippen LogP contribution in [0.15, 0.2) is 18.2 Å². The quantitative estimate of drug-likeness (QED) is 0.659. The lowest BCUT2D eigenvalue weighted by Crippen LogP contribution is -2.00. The number of anilines is 1. The Morgan fingerprint density at radius 1 is 1.42 bits per heavy atom. The van der Waals surface area contributed by atoms with E-state index in [-0.39, 0.29) is 0 Å². The second-order valence-corrected chi connectivity index (χ2v) is 3.13. The van der Waals surface area contributed by atoms with Crippen molar-refractivity contribution in [3.8, 4) is 0 Å². The van der Waals surface area contributed by atoms with E-state index in [1.54, 1.807) is 0 Å². The molecule has 2 heteroatoms. The Bertz CT molecular complexity index is 269. The molecule has 0 atom stereocenters. The Morgan fingerprint density at radius 2 is 2.08 bits per heavy atom. The molecule has 0 aliphatic heterocycles. The van der Waals surface area contributed by atoms with Gasteiger partial charge < -0.3 is 10.8 Å². The third-order valence-corrected chi connectivity index (χ3v) is 1.89. The highest BCUT2D eigenvalue weighted by atomic mass is 16.3. The lowest BCUT2D eigenvalue weighted by atomic mass is 9.96. The maximum absolute atomic E-state index is 8.91. The van der Waals surface area contributed by atoms with Crippen LogP contribution in [0.25, 0.3) is 0 Å². The molecule has 0 unspecified atom stereocenters. The molecule has 0 saturated heterocycles. The Morgan fingerprint density at radius 3 is 2.50 bits per heavy atom. The van der Waals surface area contributed by atoms with Crippen LogP contribution in [0.5, 0.6) is 0 Å². The second-order valence-electron chi connectivity index (χ2n) is 3.13. The standard InChI is InChI=1S/C10H14NO/c1-7(2)10-8(6-12)4-3-5-9(10)11/h3-7,12H,11H2,1-2H3. The Kier molecular flexibility index (Phi) is 2.71. The largest absolute Gasteiger partial charge is 0.398 e. The predicted molar refractivity (Wildman–Crippen MR) is 50.3 cm³/mol. The maximum atomic E-state index is 8.91. The molecule has 0 spiro atoms. The third-order valence-electron chi connectivity index (χ3n) is 1.89. The molecule has 12 heavy (non-hydrogen) atoms. The van der Waals surface area contributed by atoms with E-state index in [0.29, 0.717) is 5.92 Å². The number of hydrogen-bond donors (Lipinski definition) is 2. The monoisotopic (exact) mass is 164 g/mol. The first kappa shape index (κ1) is 9.07. The van der Waals surface area contributed by atoms with Gasteiger partial charge >= 0.3 is 0 Å². The number of nitrogens with two attached hydrogens (primary N) is 1. The maximum Gasteiger partial charge on any atom is 0.109 e. The van der Waals surface area contributed by atoms with E-state index < -0.39 is 0 Å². The van der Waals surface area contributed by atoms with Gasteiger partial charge in [-0.3, -0.25) is 0 Å². The summed E-state index contributed by atoms with van der Waals surface area (Å²) in [6.45, 7) is 5.21. The fourth-order valence-corrected chi connectivity index (χ4v) is 1.38. The molecule has 3 N–H and O–H groups in total. The van der Waals surface area contributed by atoms with Crippen molar-refractivity contribution in [3.05, 3.63) is 35.9 Å². The highest BCUT2D eigenvalue weighted by Gasteiger charge is 2.08. The van der Waals surface area contributed by atoms with E-state index in [1.165, 1.54) is 0 Å². The van der Waals surface area contributed by atoms with Crippen molar-refractivity contribution in [2.24, 2.45) is 0 Å². The molecule has 1 aromatic rings. The molecule has 0 aliphatic carbocycles. The van der Waals surface area contributed by atoms with Crippen molar-refractivity contribution in [1.82, 2.24) is 0 Å². The molecule has 0 fully saturated rings. The van der Waals surface area contributed by atoms with Gasteiger partial charge in [0.25, 0.3) is 0 Å². The molecule has 1 radical (unpaired) electrons. The number of benzene rings is 1. The summed E-state index contributed by atoms with van der Waals surface area (Å²) in [5.74, 6) is 0.338. The number of nitrogen functional groups attached to an aromatic ring is 1. The first-order valence-corrected chi connectivity index (χ1v) is 4.02. The van der Waals surface area contributed by atoms with Crippen LogP contribution < -0.4 is 5.73 Å². The molecule has 1 rings (SSSR count). The fraction of sp³-hybridized carbons (Fsp3) is 0.300. The summed E-state index contributed by atoms with van der Waals surface area (Å²) < 4.78 is 0. The lowest BCUT2D eigenvalue weighted by Gasteiger charge is -2.12. The summed E-state index contributed by atoms with van der Waals surface area (Å²) in [7, 11) is 0. The van der Waals surface area contributed by atoms with Crippen LogP contribution in [0, 0.1) is 6.61 Å². The fourth-order valence-electron chi connectivity index (χ4n) is 1.38. The van der Waals surface area contributed by atoms with Crippen molar-refractivity contribution in [2.45, 2.75) is 19.8 Å². The highest BCUT2D eigenvalue weighted by molar-refractivity contribution is 5.54. The topological polar surface area (TPSA) is 46.2 Å². The summed E-state index contributed by atoms with van der Waals surface area (Å²) in [6.07, 6.45) is 0. The summed E-state index contributed by atoms with van der Waals surface area (Å²) in [6, 6.07) is 5.54. The first-order chi connectivity index (χ1) is 5.66. The SMILES string of the molecule is CC(C)c1c(N)cccc1[CH]O. The molecular weight excluding hydrogens is 150 g/mol. The van der Waals surface area contributed by atoms with Gasteiger partial charge in [-0.05, 0) is 23.1 Å². The minimum atomic E-state index is 0.338. The van der Waals surface area contributed by atoms with Gasteiger partial charge in [-0.2, -0.15) is 0 Å². The zero-order valence-electron chi connectivity index (χ0n) is 7.41. The molecule has 2 nitrogen and oxygen atoms in total. The van der Waals surface area contributed by atoms with E-state index >= 15 is 0 Å². The molecule has 0 heterocycles. The average Bonchev–Trinajstić information content (AvgIpc) is 2.03. The molecular formula is C10H14NO. The van der Waals surface area contributed by atoms with Gasteiger partial charge in [0.1, 0.15) is 6.61 Å². The predicted octanol–water partition coefficient (Wildman–Crippen LogP) is 2.27. The summed E-state index contributed by atoms with van der Waals surface area (Å²) >= 11 is 0. The molecule has 0 amide bonds. The summed E-state index contributed by atoms with van der Waals surface area (Å²) in [5, 5.41) is 8.91. The molecule has 0 saturated carbocycles. The molecule has 0 aliphatic rings. The summed E-state index contributed by atoms with van der Waals surface area (Å²) in [4.78, 5) is 0. The van der Waals surface area contributed by atoms with Crippen LogP contribution in [0.3, 0.4) is 0 Å². The number of aliphatic hydroxyl groups is 1. The van der Waals surface area contributed by atoms with Gasteiger partial charge in [0.2, 0.25) is 0 Å². The van der Waals surface area contributed by atoms with Gasteiger partial charge in [0.15, 0.2) is 0 Å². The van der Waals surface area contributed by atoms with Crippen LogP contribution in [-0.4, -0.2) is 5.11 Å². The van der Waals surface area contributed by atoms with Crippen LogP contribution in [0.2, 0.25) is 0 Å². The minimum absolute atomic E-state index is 0.338. The van der Waals surface area contributed by atoms with Crippen LogP contribution >= 0.6 is 0 Å². The second kappa shape index (κ2) is 3.59. The van der Waals surface area contributed by atoms with Crippen molar-refractivity contribution in [1.29, 1.82) is 0 Å². The number of rotatable bonds is 2. The van der Waals surface area contributed by atoms with Crippen molar-refractivity contribution < 1.29 is 5.11 Å². The Balaban J connectivity index is 3.20. The minimum Gasteiger partial charge on any atom is -0.398 e. The molecule has 0 aromatic heterocycles. The van der Waals surface area contributed by atoms with Crippen LogP contribution in [0.1, 0.15) is 30.9 Å². The summed E-state index contributed by atoms with van der Waals surface area (Å²) in [5.41, 5.74) is 8.33. The van der Waals surface area contributed by atoms with Crippen molar-refractivity contribution in [2.75, 3.05) is 5.73 Å². The van der Waals surface area contributed by atoms with Gasteiger partial charge in [-0.1, -0.05) is 26.0 Å². The van der Waals surface area contributed by atoms with Crippen molar-refractivity contribution >= 4 is 5.69 Å². The van der Waals surface area contributed by atoms with Crippen LogP contribution in [0.4, 0.5) is 5.69 Å². The van der Waals surface area contributed by atoms with E-state index in [1.807, 2.05) is 18.2 Å². The van der Waals surface area contributed by atoms with Gasteiger partial charge in [-0.15, -0.1) is 0 Å². The van der Waals surface area contributed by atoms with E-state index in [0.717, 1.165) is 23.4 Å². The van der Waals surface area contributed by atoms with Crippen molar-refractivity contribution in [3.63, 3.8) is 0 Å². The molecule has 0 bridgehead atoms. The Hall–Kier alpha value is -1.02. The van der Waals surface area contributed by atoms with E-state index in [9.17, 15) is 0 Å². The average molecular weight is 164 g/mol. The normalized spacial score (nSPS) is 10.7. The molecule has 1 aromatic carbocycles. The van der Waals surface area contributed by atoms with Crippen LogP contribution in [-0.2, 0) is 0 Å². The number of hydrogen-bond acceptors (Lipinski definition) is 2. The number of aliphatic hydroxyl groups excluding tert-OH is 1. The third kappa shape index (κ3) is 1.59. The first-order valence-electron chi connectivity index (χ1n) is 4.02. The Labute approximate surface area is 73.0 Å². The molecule has 65 valence electrons. The van der Waals surface area contributed by atoms with E-state index in [2.05, 4.69) is 13.8 Å². The smallest absolute Gasteiger partial charge is 0.109 e. The highest BCUT2D eigenvalue weighted by Crippen LogP contribution is 2.25. The van der Waals surface area contributed by atoms with Gasteiger partial charge in [-0.25, -0.2) is 0 Å².